The average Bonchev–Trinajstić information content (AvgIpc) is 3.31. The third kappa shape index (κ3) is 6.91. The van der Waals surface area contributed by atoms with Gasteiger partial charge in [0.2, 0.25) is 5.91 Å². The number of carbonyl (C=O) groups excluding carboxylic acids is 3. The minimum Gasteiger partial charge on any atom is -0.344 e. The lowest BCUT2D eigenvalue weighted by Gasteiger charge is -2.37. The zero-order chi connectivity index (χ0) is 28.7. The summed E-state index contributed by atoms with van der Waals surface area (Å²) in [5.41, 5.74) is -0.282. The number of rotatable bonds is 11. The number of halogens is 1. The Morgan fingerprint density at radius 1 is 1.00 bits per heavy atom. The van der Waals surface area contributed by atoms with Gasteiger partial charge in [-0.05, 0) is 68.0 Å². The normalized spacial score (nSPS) is 15.4. The molecule has 2 amide bonds. The Bertz CT molecular complexity index is 1380. The summed E-state index contributed by atoms with van der Waals surface area (Å²) in [6.45, 7) is 3.65. The summed E-state index contributed by atoms with van der Waals surface area (Å²) in [5.74, 6) is -2.08. The third-order valence-electron chi connectivity index (χ3n) is 7.36. The largest absolute Gasteiger partial charge is 0.442 e. The molecule has 1 fully saturated rings. The van der Waals surface area contributed by atoms with Crippen molar-refractivity contribution in [2.45, 2.75) is 76.9 Å². The van der Waals surface area contributed by atoms with Crippen LogP contribution in [-0.2, 0) is 16.1 Å². The highest BCUT2D eigenvalue weighted by Crippen LogP contribution is 2.29. The lowest BCUT2D eigenvalue weighted by molar-refractivity contribution is -0.133. The van der Waals surface area contributed by atoms with Crippen molar-refractivity contribution >= 4 is 17.6 Å². The van der Waals surface area contributed by atoms with Crippen LogP contribution in [0.4, 0.5) is 4.39 Å². The molecule has 212 valence electrons. The first-order valence-corrected chi connectivity index (χ1v) is 13.7. The number of hydrogen-bond acceptors (Lipinski definition) is 6. The zero-order valence-electron chi connectivity index (χ0n) is 22.8. The van der Waals surface area contributed by atoms with Crippen molar-refractivity contribution in [2.75, 3.05) is 0 Å². The van der Waals surface area contributed by atoms with Gasteiger partial charge in [-0.15, -0.1) is 0 Å². The maximum absolute atomic E-state index is 13.8. The predicted molar refractivity (Wildman–Crippen MR) is 147 cm³/mol. The van der Waals surface area contributed by atoms with Gasteiger partial charge in [-0.25, -0.2) is 13.8 Å². The Labute approximate surface area is 232 Å². The van der Waals surface area contributed by atoms with Crippen LogP contribution in [-0.4, -0.2) is 38.9 Å². The zero-order valence-corrected chi connectivity index (χ0v) is 22.8. The highest BCUT2D eigenvalue weighted by molar-refractivity contribution is 6.00. The Morgan fingerprint density at radius 3 is 2.33 bits per heavy atom. The van der Waals surface area contributed by atoms with Gasteiger partial charge in [0.15, 0.2) is 11.6 Å². The first kappa shape index (κ1) is 28.9. The SMILES string of the molecule is CC(C)CC[C@H](NC(=O)C1(NC(=O)c2ccccc2)CCCCC1)C(=O)Cn1c(-c2ccc(F)cc2)noc1=O. The summed E-state index contributed by atoms with van der Waals surface area (Å²) in [5, 5.41) is 9.67. The number of nitrogens with one attached hydrogen (secondary N) is 2. The van der Waals surface area contributed by atoms with Crippen molar-refractivity contribution in [2.24, 2.45) is 5.92 Å². The number of nitrogens with zero attached hydrogens (tertiary/aromatic N) is 2. The summed E-state index contributed by atoms with van der Waals surface area (Å²) in [6.07, 6.45) is 4.42. The van der Waals surface area contributed by atoms with Crippen LogP contribution in [0.25, 0.3) is 11.4 Å². The topological polar surface area (TPSA) is 123 Å². The number of hydrogen-bond donors (Lipinski definition) is 2. The molecule has 9 nitrogen and oxygen atoms in total. The van der Waals surface area contributed by atoms with E-state index in [0.717, 1.165) is 23.8 Å². The molecule has 1 heterocycles. The molecule has 3 aromatic rings. The molecule has 0 unspecified atom stereocenters. The van der Waals surface area contributed by atoms with Gasteiger partial charge in [0.1, 0.15) is 11.4 Å². The van der Waals surface area contributed by atoms with E-state index in [0.29, 0.717) is 36.8 Å². The standard InChI is InChI=1S/C30H35FN4O5/c1-20(2)11-16-24(25(36)19-35-26(34-40-29(35)39)21-12-14-23(31)15-13-21)32-28(38)30(17-7-4-8-18-30)33-27(37)22-9-5-3-6-10-22/h3,5-6,9-10,12-15,20,24H,4,7-8,11,16-19H2,1-2H3,(H,32,38)(H,33,37)/t24-/m0/s1. The molecule has 10 heteroatoms. The molecule has 1 aliphatic rings. The molecule has 1 atom stereocenters. The molecule has 0 radical (unpaired) electrons. The van der Waals surface area contributed by atoms with E-state index in [2.05, 4.69) is 15.8 Å². The number of carbonyl (C=O) groups is 3. The summed E-state index contributed by atoms with van der Waals surface area (Å²) in [6, 6.07) is 13.1. The van der Waals surface area contributed by atoms with E-state index in [4.69, 9.17) is 4.52 Å². The Balaban J connectivity index is 1.56. The number of Topliss-reactive ketones (excluding diaryl/α,β-unsaturated/α-hetero) is 1. The Morgan fingerprint density at radius 2 is 1.68 bits per heavy atom. The molecule has 40 heavy (non-hydrogen) atoms. The van der Waals surface area contributed by atoms with Crippen LogP contribution >= 0.6 is 0 Å². The van der Waals surface area contributed by atoms with E-state index >= 15 is 0 Å². The number of ketones is 1. The quantitative estimate of drug-likeness (QED) is 0.368. The van der Waals surface area contributed by atoms with Crippen LogP contribution in [0.1, 0.15) is 69.2 Å². The summed E-state index contributed by atoms with van der Waals surface area (Å²) in [7, 11) is 0. The molecule has 0 bridgehead atoms. The van der Waals surface area contributed by atoms with Crippen molar-refractivity contribution in [3.8, 4) is 11.4 Å². The fourth-order valence-electron chi connectivity index (χ4n) is 5.03. The van der Waals surface area contributed by atoms with Gasteiger partial charge in [0.05, 0.1) is 12.6 Å². The van der Waals surface area contributed by atoms with E-state index in [1.807, 2.05) is 19.9 Å². The molecular weight excluding hydrogens is 515 g/mol. The molecule has 2 N–H and O–H groups in total. The van der Waals surface area contributed by atoms with Gasteiger partial charge in [0.25, 0.3) is 5.91 Å². The van der Waals surface area contributed by atoms with Gasteiger partial charge in [-0.1, -0.05) is 56.5 Å². The molecular formula is C30H35FN4O5. The second-order valence-corrected chi connectivity index (χ2v) is 10.8. The van der Waals surface area contributed by atoms with E-state index in [1.165, 1.54) is 24.3 Å². The lowest BCUT2D eigenvalue weighted by atomic mass is 9.80. The fraction of sp³-hybridized carbons (Fsp3) is 0.433. The molecule has 0 saturated heterocycles. The minimum atomic E-state index is -1.14. The molecule has 1 saturated carbocycles. The maximum Gasteiger partial charge on any atom is 0.442 e. The molecule has 0 spiro atoms. The highest BCUT2D eigenvalue weighted by Gasteiger charge is 2.42. The van der Waals surface area contributed by atoms with Crippen LogP contribution in [0.15, 0.2) is 63.9 Å². The number of benzene rings is 2. The Hall–Kier alpha value is -4.08. The average molecular weight is 551 g/mol. The molecule has 2 aromatic carbocycles. The van der Waals surface area contributed by atoms with Crippen LogP contribution in [0.5, 0.6) is 0 Å². The van der Waals surface area contributed by atoms with Crippen LogP contribution in [0.3, 0.4) is 0 Å². The van der Waals surface area contributed by atoms with Crippen molar-refractivity contribution in [1.29, 1.82) is 0 Å². The van der Waals surface area contributed by atoms with E-state index in [1.54, 1.807) is 24.3 Å². The monoisotopic (exact) mass is 550 g/mol. The van der Waals surface area contributed by atoms with Gasteiger partial charge in [-0.2, -0.15) is 0 Å². The van der Waals surface area contributed by atoms with Crippen molar-refractivity contribution < 1.29 is 23.3 Å². The minimum absolute atomic E-state index is 0.0890. The second kappa shape index (κ2) is 12.8. The Kier molecular flexibility index (Phi) is 9.29. The highest BCUT2D eigenvalue weighted by atomic mass is 19.1. The van der Waals surface area contributed by atoms with E-state index in [9.17, 15) is 23.6 Å². The molecule has 1 aliphatic carbocycles. The van der Waals surface area contributed by atoms with Crippen LogP contribution in [0.2, 0.25) is 0 Å². The second-order valence-electron chi connectivity index (χ2n) is 10.8. The molecule has 0 aliphatic heterocycles. The first-order chi connectivity index (χ1) is 19.2. The van der Waals surface area contributed by atoms with Gasteiger partial charge < -0.3 is 10.6 Å². The van der Waals surface area contributed by atoms with Crippen molar-refractivity contribution in [3.63, 3.8) is 0 Å². The van der Waals surface area contributed by atoms with Crippen molar-refractivity contribution in [3.05, 3.63) is 76.5 Å². The summed E-state index contributed by atoms with van der Waals surface area (Å²) < 4.78 is 19.3. The number of amides is 2. The molecule has 1 aromatic heterocycles. The van der Waals surface area contributed by atoms with Crippen molar-refractivity contribution in [1.82, 2.24) is 20.4 Å². The van der Waals surface area contributed by atoms with Crippen LogP contribution < -0.4 is 16.4 Å². The van der Waals surface area contributed by atoms with E-state index in [-0.39, 0.29) is 24.2 Å². The first-order valence-electron chi connectivity index (χ1n) is 13.7. The van der Waals surface area contributed by atoms with E-state index < -0.39 is 34.8 Å². The van der Waals surface area contributed by atoms with Gasteiger partial charge in [0, 0.05) is 11.1 Å². The lowest BCUT2D eigenvalue weighted by Crippen LogP contribution is -2.62. The third-order valence-corrected chi connectivity index (χ3v) is 7.36. The smallest absolute Gasteiger partial charge is 0.344 e. The summed E-state index contributed by atoms with van der Waals surface area (Å²) in [4.78, 5) is 52.9. The fourth-order valence-corrected chi connectivity index (χ4v) is 5.03. The molecule has 4 rings (SSSR count). The predicted octanol–water partition coefficient (Wildman–Crippen LogP) is 4.27. The van der Waals surface area contributed by atoms with Gasteiger partial charge in [-0.3, -0.25) is 18.9 Å². The van der Waals surface area contributed by atoms with Crippen LogP contribution in [0, 0.1) is 11.7 Å². The number of aromatic nitrogens is 2. The summed E-state index contributed by atoms with van der Waals surface area (Å²) >= 11 is 0. The maximum atomic E-state index is 13.8. The van der Waals surface area contributed by atoms with Gasteiger partial charge >= 0.3 is 5.76 Å².